The highest BCUT2D eigenvalue weighted by molar-refractivity contribution is 5.70. The number of benzene rings is 1. The Bertz CT molecular complexity index is 347. The lowest BCUT2D eigenvalue weighted by Gasteiger charge is -2.14. The average molecular weight is 207 g/mol. The second-order valence-corrected chi connectivity index (χ2v) is 4.01. The van der Waals surface area contributed by atoms with Crippen molar-refractivity contribution >= 4 is 11.7 Å². The SMILES string of the molecule is CC(Cc1cccc(N(C)C)c1)C(=O)O. The summed E-state index contributed by atoms with van der Waals surface area (Å²) in [6.45, 7) is 1.73. The van der Waals surface area contributed by atoms with E-state index in [0.29, 0.717) is 6.42 Å². The van der Waals surface area contributed by atoms with E-state index in [9.17, 15) is 4.79 Å². The minimum atomic E-state index is -0.745. The van der Waals surface area contributed by atoms with E-state index in [1.165, 1.54) is 0 Å². The molecule has 0 aliphatic carbocycles. The van der Waals surface area contributed by atoms with Gasteiger partial charge in [0.15, 0.2) is 0 Å². The van der Waals surface area contributed by atoms with Crippen molar-refractivity contribution < 1.29 is 9.90 Å². The van der Waals surface area contributed by atoms with Crippen LogP contribution in [-0.2, 0) is 11.2 Å². The summed E-state index contributed by atoms with van der Waals surface area (Å²) in [5.41, 5.74) is 2.17. The van der Waals surface area contributed by atoms with Gasteiger partial charge in [-0.25, -0.2) is 0 Å². The highest BCUT2D eigenvalue weighted by Crippen LogP contribution is 2.16. The van der Waals surface area contributed by atoms with Crippen LogP contribution in [0.25, 0.3) is 0 Å². The fourth-order valence-electron chi connectivity index (χ4n) is 1.40. The van der Waals surface area contributed by atoms with Crippen LogP contribution in [0.2, 0.25) is 0 Å². The molecule has 0 saturated carbocycles. The lowest BCUT2D eigenvalue weighted by molar-refractivity contribution is -0.141. The minimum absolute atomic E-state index is 0.331. The number of hydrogen-bond donors (Lipinski definition) is 1. The van der Waals surface area contributed by atoms with Crippen LogP contribution in [0.15, 0.2) is 24.3 Å². The van der Waals surface area contributed by atoms with Crippen molar-refractivity contribution in [1.82, 2.24) is 0 Å². The molecule has 0 bridgehead atoms. The molecule has 1 rings (SSSR count). The van der Waals surface area contributed by atoms with Gasteiger partial charge in [-0.3, -0.25) is 4.79 Å². The number of carboxylic acid groups (broad SMARTS) is 1. The summed E-state index contributed by atoms with van der Waals surface area (Å²) in [5.74, 6) is -1.08. The lowest BCUT2D eigenvalue weighted by atomic mass is 10.0. The van der Waals surface area contributed by atoms with Crippen LogP contribution in [0.4, 0.5) is 5.69 Å². The van der Waals surface area contributed by atoms with E-state index >= 15 is 0 Å². The number of rotatable bonds is 4. The van der Waals surface area contributed by atoms with Gasteiger partial charge in [-0.2, -0.15) is 0 Å². The van der Waals surface area contributed by atoms with Gasteiger partial charge < -0.3 is 10.0 Å². The van der Waals surface area contributed by atoms with Gasteiger partial charge in [0.25, 0.3) is 0 Å². The van der Waals surface area contributed by atoms with Crippen LogP contribution in [-0.4, -0.2) is 25.2 Å². The smallest absolute Gasteiger partial charge is 0.306 e. The normalized spacial score (nSPS) is 12.2. The number of hydrogen-bond acceptors (Lipinski definition) is 2. The topological polar surface area (TPSA) is 40.5 Å². The van der Waals surface area contributed by atoms with E-state index in [4.69, 9.17) is 5.11 Å². The molecule has 0 heterocycles. The monoisotopic (exact) mass is 207 g/mol. The van der Waals surface area contributed by atoms with Gasteiger partial charge in [-0.15, -0.1) is 0 Å². The van der Waals surface area contributed by atoms with Crippen LogP contribution in [0.1, 0.15) is 12.5 Å². The third-order valence-electron chi connectivity index (χ3n) is 2.39. The van der Waals surface area contributed by atoms with Crippen molar-refractivity contribution in [1.29, 1.82) is 0 Å². The van der Waals surface area contributed by atoms with E-state index < -0.39 is 5.97 Å². The molecule has 1 aromatic carbocycles. The van der Waals surface area contributed by atoms with E-state index in [-0.39, 0.29) is 5.92 Å². The summed E-state index contributed by atoms with van der Waals surface area (Å²) in [6, 6.07) is 7.96. The fraction of sp³-hybridized carbons (Fsp3) is 0.417. The van der Waals surface area contributed by atoms with E-state index in [1.807, 2.05) is 43.3 Å². The summed E-state index contributed by atoms with van der Waals surface area (Å²) in [7, 11) is 3.94. The molecule has 0 spiro atoms. The number of anilines is 1. The largest absolute Gasteiger partial charge is 0.481 e. The number of carboxylic acids is 1. The summed E-state index contributed by atoms with van der Waals surface area (Å²) in [5, 5.41) is 8.81. The maximum absolute atomic E-state index is 10.7. The van der Waals surface area contributed by atoms with Gasteiger partial charge in [0, 0.05) is 19.8 Å². The highest BCUT2D eigenvalue weighted by Gasteiger charge is 2.11. The molecule has 0 aromatic heterocycles. The molecule has 0 aliphatic rings. The van der Waals surface area contributed by atoms with Crippen LogP contribution in [0.3, 0.4) is 0 Å². The first-order valence-electron chi connectivity index (χ1n) is 4.99. The first kappa shape index (κ1) is 11.6. The Morgan fingerprint density at radius 2 is 2.13 bits per heavy atom. The molecule has 0 amide bonds. The van der Waals surface area contributed by atoms with Gasteiger partial charge in [0.05, 0.1) is 5.92 Å². The molecular formula is C12H17NO2. The Morgan fingerprint density at radius 1 is 1.47 bits per heavy atom. The summed E-state index contributed by atoms with van der Waals surface area (Å²) in [6.07, 6.45) is 0.580. The van der Waals surface area contributed by atoms with Gasteiger partial charge in [-0.05, 0) is 24.1 Å². The van der Waals surface area contributed by atoms with Gasteiger partial charge >= 0.3 is 5.97 Å². The van der Waals surface area contributed by atoms with Crippen LogP contribution in [0.5, 0.6) is 0 Å². The predicted octanol–water partition coefficient (Wildman–Crippen LogP) is 2.02. The van der Waals surface area contributed by atoms with Crippen LogP contribution in [0, 0.1) is 5.92 Å². The lowest BCUT2D eigenvalue weighted by Crippen LogP contribution is -2.13. The maximum atomic E-state index is 10.7. The van der Waals surface area contributed by atoms with E-state index in [0.717, 1.165) is 11.3 Å². The minimum Gasteiger partial charge on any atom is -0.481 e. The Hall–Kier alpha value is -1.51. The van der Waals surface area contributed by atoms with E-state index in [1.54, 1.807) is 6.92 Å². The molecule has 3 nitrogen and oxygen atoms in total. The molecular weight excluding hydrogens is 190 g/mol. The van der Waals surface area contributed by atoms with Gasteiger partial charge in [0.2, 0.25) is 0 Å². The molecule has 82 valence electrons. The molecule has 1 N–H and O–H groups in total. The molecule has 1 unspecified atom stereocenters. The zero-order valence-corrected chi connectivity index (χ0v) is 9.40. The molecule has 0 radical (unpaired) electrons. The molecule has 3 heteroatoms. The maximum Gasteiger partial charge on any atom is 0.306 e. The number of carbonyl (C=O) groups is 1. The molecule has 0 fully saturated rings. The van der Waals surface area contributed by atoms with Crippen molar-refractivity contribution in [3.8, 4) is 0 Å². The third kappa shape index (κ3) is 3.27. The van der Waals surface area contributed by atoms with Crippen molar-refractivity contribution in [2.45, 2.75) is 13.3 Å². The Balaban J connectivity index is 2.78. The van der Waals surface area contributed by atoms with Crippen molar-refractivity contribution in [2.24, 2.45) is 5.92 Å². The van der Waals surface area contributed by atoms with Gasteiger partial charge in [-0.1, -0.05) is 19.1 Å². The zero-order chi connectivity index (χ0) is 11.4. The molecule has 1 atom stereocenters. The third-order valence-corrected chi connectivity index (χ3v) is 2.39. The molecule has 1 aromatic rings. The van der Waals surface area contributed by atoms with Crippen molar-refractivity contribution in [3.05, 3.63) is 29.8 Å². The fourth-order valence-corrected chi connectivity index (χ4v) is 1.40. The zero-order valence-electron chi connectivity index (χ0n) is 9.40. The molecule has 15 heavy (non-hydrogen) atoms. The average Bonchev–Trinajstić information content (AvgIpc) is 2.18. The first-order valence-corrected chi connectivity index (χ1v) is 4.99. The van der Waals surface area contributed by atoms with E-state index in [2.05, 4.69) is 0 Å². The standard InChI is InChI=1S/C12H17NO2/c1-9(12(14)15)7-10-5-4-6-11(8-10)13(2)3/h4-6,8-9H,7H2,1-3H3,(H,14,15). The second-order valence-electron chi connectivity index (χ2n) is 4.01. The highest BCUT2D eigenvalue weighted by atomic mass is 16.4. The number of nitrogens with zero attached hydrogens (tertiary/aromatic N) is 1. The van der Waals surface area contributed by atoms with Crippen LogP contribution < -0.4 is 4.90 Å². The molecule has 0 saturated heterocycles. The Morgan fingerprint density at radius 3 is 2.67 bits per heavy atom. The number of aliphatic carboxylic acids is 1. The van der Waals surface area contributed by atoms with Gasteiger partial charge in [0.1, 0.15) is 0 Å². The second kappa shape index (κ2) is 4.82. The summed E-state index contributed by atoms with van der Waals surface area (Å²) >= 11 is 0. The predicted molar refractivity (Wildman–Crippen MR) is 61.3 cm³/mol. The van der Waals surface area contributed by atoms with Crippen molar-refractivity contribution in [3.63, 3.8) is 0 Å². The summed E-state index contributed by atoms with van der Waals surface area (Å²) < 4.78 is 0. The Labute approximate surface area is 90.3 Å². The van der Waals surface area contributed by atoms with Crippen LogP contribution >= 0.6 is 0 Å². The Kier molecular flexibility index (Phi) is 3.72. The molecule has 0 aliphatic heterocycles. The van der Waals surface area contributed by atoms with Crippen molar-refractivity contribution in [2.75, 3.05) is 19.0 Å². The summed E-state index contributed by atoms with van der Waals surface area (Å²) in [4.78, 5) is 12.7. The first-order chi connectivity index (χ1) is 7.00. The quantitative estimate of drug-likeness (QED) is 0.821.